The van der Waals surface area contributed by atoms with E-state index in [0.717, 1.165) is 64.1 Å². The van der Waals surface area contributed by atoms with Crippen LogP contribution in [0.25, 0.3) is 0 Å². The summed E-state index contributed by atoms with van der Waals surface area (Å²) >= 11 is 0. The molecule has 0 bridgehead atoms. The first-order chi connectivity index (χ1) is 20.9. The standard InChI is InChI=1S/C32H44N8O4/c1-32(2,3)44-31(43)39-17-22-14-21(15-23(22)18-39)20-7-9-24(10-8-20)35-29-27(28(33)41)34-16-26(36-29)38-11-5-6-25(19-38)40-13-12-37(4)30(40)42/h7-10,16,21-23,25H,5-6,11-15,17-19H2,1-4H3,(H2,33,41)(H,35,36)/t21?,22-,23?,25-/m1/s1. The number of aromatic nitrogens is 2. The van der Waals surface area contributed by atoms with Crippen molar-refractivity contribution in [1.29, 1.82) is 0 Å². The number of rotatable bonds is 6. The molecular weight excluding hydrogens is 560 g/mol. The first-order valence-corrected chi connectivity index (χ1v) is 15.7. The summed E-state index contributed by atoms with van der Waals surface area (Å²) in [4.78, 5) is 54.2. The molecule has 4 heterocycles. The van der Waals surface area contributed by atoms with Gasteiger partial charge in [-0.2, -0.15) is 0 Å². The molecule has 6 rings (SSSR count). The summed E-state index contributed by atoms with van der Waals surface area (Å²) in [7, 11) is 1.84. The monoisotopic (exact) mass is 604 g/mol. The lowest BCUT2D eigenvalue weighted by molar-refractivity contribution is 0.0279. The van der Waals surface area contributed by atoms with E-state index in [1.54, 1.807) is 11.1 Å². The average molecular weight is 605 g/mol. The number of fused-ring (bicyclic) bond motifs is 1. The number of nitrogens with zero attached hydrogens (tertiary/aromatic N) is 6. The summed E-state index contributed by atoms with van der Waals surface area (Å²) in [5.41, 5.74) is 7.32. The number of piperidine rings is 1. The molecule has 236 valence electrons. The van der Waals surface area contributed by atoms with E-state index in [4.69, 9.17) is 15.5 Å². The van der Waals surface area contributed by atoms with Crippen LogP contribution in [-0.2, 0) is 4.74 Å². The highest BCUT2D eigenvalue weighted by Crippen LogP contribution is 2.46. The fourth-order valence-electron chi connectivity index (χ4n) is 7.25. The fourth-order valence-corrected chi connectivity index (χ4v) is 7.25. The van der Waals surface area contributed by atoms with Crippen molar-refractivity contribution in [3.05, 3.63) is 41.7 Å². The number of primary amides is 1. The Morgan fingerprint density at radius 2 is 1.73 bits per heavy atom. The van der Waals surface area contributed by atoms with Gasteiger partial charge in [-0.15, -0.1) is 0 Å². The number of urea groups is 1. The smallest absolute Gasteiger partial charge is 0.410 e. The summed E-state index contributed by atoms with van der Waals surface area (Å²) in [5.74, 6) is 1.73. The van der Waals surface area contributed by atoms with Crippen molar-refractivity contribution in [2.24, 2.45) is 17.6 Å². The van der Waals surface area contributed by atoms with Gasteiger partial charge in [0.15, 0.2) is 11.5 Å². The minimum Gasteiger partial charge on any atom is -0.444 e. The Bertz CT molecular complexity index is 1400. The molecule has 3 saturated heterocycles. The number of hydrogen-bond acceptors (Lipinski definition) is 8. The number of hydrogen-bond donors (Lipinski definition) is 2. The van der Waals surface area contributed by atoms with Gasteiger partial charge in [-0.1, -0.05) is 12.1 Å². The number of nitrogens with one attached hydrogen (secondary N) is 1. The highest BCUT2D eigenvalue weighted by Gasteiger charge is 2.43. The molecule has 1 aromatic carbocycles. The van der Waals surface area contributed by atoms with Crippen LogP contribution in [-0.4, -0.2) is 101 Å². The molecule has 4 aliphatic rings. The van der Waals surface area contributed by atoms with Crippen LogP contribution in [0, 0.1) is 11.8 Å². The fraction of sp³-hybridized carbons (Fsp3) is 0.594. The van der Waals surface area contributed by atoms with Crippen LogP contribution >= 0.6 is 0 Å². The highest BCUT2D eigenvalue weighted by atomic mass is 16.6. The van der Waals surface area contributed by atoms with Crippen molar-refractivity contribution in [3.8, 4) is 0 Å². The third-order valence-corrected chi connectivity index (χ3v) is 9.45. The summed E-state index contributed by atoms with van der Waals surface area (Å²) in [6, 6.07) is 8.43. The Labute approximate surface area is 258 Å². The summed E-state index contributed by atoms with van der Waals surface area (Å²) < 4.78 is 5.58. The van der Waals surface area contributed by atoms with Gasteiger partial charge in [0.1, 0.15) is 11.4 Å². The molecule has 4 fully saturated rings. The van der Waals surface area contributed by atoms with Gasteiger partial charge < -0.3 is 35.4 Å². The normalized spacial score (nSPS) is 25.4. The second-order valence-corrected chi connectivity index (χ2v) is 13.8. The number of carbonyl (C=O) groups excluding carboxylic acids is 3. The van der Waals surface area contributed by atoms with Crippen LogP contribution in [0.3, 0.4) is 0 Å². The predicted octanol–water partition coefficient (Wildman–Crippen LogP) is 4.02. The predicted molar refractivity (Wildman–Crippen MR) is 167 cm³/mol. The maximum atomic E-state index is 12.6. The number of benzene rings is 1. The van der Waals surface area contributed by atoms with Crippen molar-refractivity contribution >= 4 is 35.4 Å². The number of ether oxygens (including phenoxy) is 1. The zero-order chi connectivity index (χ0) is 31.2. The molecule has 1 saturated carbocycles. The maximum Gasteiger partial charge on any atom is 0.410 e. The highest BCUT2D eigenvalue weighted by molar-refractivity contribution is 5.96. The first-order valence-electron chi connectivity index (χ1n) is 15.7. The zero-order valence-corrected chi connectivity index (χ0v) is 26.2. The minimum absolute atomic E-state index is 0.0707. The largest absolute Gasteiger partial charge is 0.444 e. The molecular formula is C32H44N8O4. The quantitative estimate of drug-likeness (QED) is 0.505. The molecule has 1 aromatic heterocycles. The Hall–Kier alpha value is -4.09. The second kappa shape index (κ2) is 11.8. The number of nitrogens with two attached hydrogens (primary N) is 1. The van der Waals surface area contributed by atoms with Crippen LogP contribution in [0.2, 0.25) is 0 Å². The maximum absolute atomic E-state index is 12.6. The van der Waals surface area contributed by atoms with E-state index >= 15 is 0 Å². The lowest BCUT2D eigenvalue weighted by Crippen LogP contribution is -2.49. The minimum atomic E-state index is -0.650. The van der Waals surface area contributed by atoms with Crippen LogP contribution < -0.4 is 16.0 Å². The molecule has 44 heavy (non-hydrogen) atoms. The topological polar surface area (TPSA) is 137 Å². The number of anilines is 3. The van der Waals surface area contributed by atoms with E-state index in [2.05, 4.69) is 27.3 Å². The van der Waals surface area contributed by atoms with Crippen LogP contribution in [0.1, 0.15) is 68.4 Å². The lowest BCUT2D eigenvalue weighted by atomic mass is 9.95. The molecule has 3 aliphatic heterocycles. The Balaban J connectivity index is 1.10. The number of carbonyl (C=O) groups is 3. The number of amides is 4. The van der Waals surface area contributed by atoms with E-state index in [-0.39, 0.29) is 23.9 Å². The summed E-state index contributed by atoms with van der Waals surface area (Å²) in [6.07, 6.45) is 5.36. The second-order valence-electron chi connectivity index (χ2n) is 13.8. The molecule has 2 unspecified atom stereocenters. The zero-order valence-electron chi connectivity index (χ0n) is 26.2. The van der Waals surface area contributed by atoms with E-state index in [9.17, 15) is 14.4 Å². The molecule has 0 radical (unpaired) electrons. The third-order valence-electron chi connectivity index (χ3n) is 9.45. The SMILES string of the molecule is CN1CCN([C@@H]2CCCN(c3cnc(C(N)=O)c(Nc4ccc(C5CC6CN(C(=O)OC(C)(C)C)C[C@H]6C5)cc4)n3)C2)C1=O. The van der Waals surface area contributed by atoms with E-state index in [0.29, 0.717) is 35.9 Å². The molecule has 4 atom stereocenters. The van der Waals surface area contributed by atoms with Gasteiger partial charge in [-0.3, -0.25) is 4.79 Å². The summed E-state index contributed by atoms with van der Waals surface area (Å²) in [5, 5.41) is 3.28. The van der Waals surface area contributed by atoms with Crippen molar-refractivity contribution in [2.75, 3.05) is 56.5 Å². The van der Waals surface area contributed by atoms with Gasteiger partial charge in [0, 0.05) is 52.0 Å². The van der Waals surface area contributed by atoms with Gasteiger partial charge in [0.05, 0.1) is 12.2 Å². The molecule has 0 spiro atoms. The molecule has 2 aromatic rings. The van der Waals surface area contributed by atoms with E-state index in [1.165, 1.54) is 5.56 Å². The van der Waals surface area contributed by atoms with Gasteiger partial charge in [0.2, 0.25) is 0 Å². The number of likely N-dealkylation sites (tertiary alicyclic amines) is 1. The van der Waals surface area contributed by atoms with E-state index in [1.807, 2.05) is 49.8 Å². The van der Waals surface area contributed by atoms with Gasteiger partial charge in [-0.25, -0.2) is 19.6 Å². The molecule has 1 aliphatic carbocycles. The van der Waals surface area contributed by atoms with Gasteiger partial charge >= 0.3 is 12.1 Å². The van der Waals surface area contributed by atoms with Gasteiger partial charge in [-0.05, 0) is 81.9 Å². The van der Waals surface area contributed by atoms with Crippen molar-refractivity contribution in [2.45, 2.75) is 64.0 Å². The average Bonchev–Trinajstić information content (AvgIpc) is 3.66. The van der Waals surface area contributed by atoms with E-state index < -0.39 is 11.5 Å². The molecule has 3 N–H and O–H groups in total. The van der Waals surface area contributed by atoms with Crippen molar-refractivity contribution in [1.82, 2.24) is 24.7 Å². The van der Waals surface area contributed by atoms with Crippen molar-refractivity contribution in [3.63, 3.8) is 0 Å². The molecule has 4 amide bonds. The van der Waals surface area contributed by atoms with Crippen LogP contribution in [0.5, 0.6) is 0 Å². The van der Waals surface area contributed by atoms with Crippen LogP contribution in [0.4, 0.5) is 26.9 Å². The Morgan fingerprint density at radius 1 is 1.02 bits per heavy atom. The Morgan fingerprint density at radius 3 is 2.34 bits per heavy atom. The van der Waals surface area contributed by atoms with Crippen molar-refractivity contribution < 1.29 is 19.1 Å². The lowest BCUT2D eigenvalue weighted by Gasteiger charge is -2.37. The third kappa shape index (κ3) is 6.25. The first kappa shape index (κ1) is 30.0. The Kier molecular flexibility index (Phi) is 8.02. The van der Waals surface area contributed by atoms with Gasteiger partial charge in [0.25, 0.3) is 5.91 Å². The summed E-state index contributed by atoms with van der Waals surface area (Å²) in [6.45, 7) is 10.1. The van der Waals surface area contributed by atoms with Crippen LogP contribution in [0.15, 0.2) is 30.5 Å². The number of likely N-dealkylation sites (N-methyl/N-ethyl adjacent to an activating group) is 1. The molecule has 12 heteroatoms. The molecule has 12 nitrogen and oxygen atoms in total.